The molecule has 0 amide bonds. The van der Waals surface area contributed by atoms with Gasteiger partial charge in [-0.25, -0.2) is 0 Å². The number of rotatable bonds is 12. The monoisotopic (exact) mass is 522 g/mol. The van der Waals surface area contributed by atoms with Crippen molar-refractivity contribution < 1.29 is 18.9 Å². The number of hydrogen-bond donors (Lipinski definition) is 0. The Morgan fingerprint density at radius 2 is 0.711 bits per heavy atom. The van der Waals surface area contributed by atoms with E-state index >= 15 is 0 Å². The summed E-state index contributed by atoms with van der Waals surface area (Å²) in [6, 6.07) is 12.6. The Labute approximate surface area is 231 Å². The van der Waals surface area contributed by atoms with Crippen LogP contribution in [0.4, 0.5) is 0 Å². The summed E-state index contributed by atoms with van der Waals surface area (Å²) in [7, 11) is 0. The lowest BCUT2D eigenvalue weighted by atomic mass is 9.97. The van der Waals surface area contributed by atoms with Gasteiger partial charge in [-0.1, -0.05) is 27.7 Å². The quantitative estimate of drug-likeness (QED) is 0.222. The van der Waals surface area contributed by atoms with Crippen molar-refractivity contribution in [3.05, 3.63) is 36.4 Å². The van der Waals surface area contributed by atoms with Gasteiger partial charge in [-0.05, 0) is 117 Å². The summed E-state index contributed by atoms with van der Waals surface area (Å²) in [5, 5.41) is 4.00. The lowest BCUT2D eigenvalue weighted by Gasteiger charge is -2.31. The van der Waals surface area contributed by atoms with Gasteiger partial charge in [0, 0.05) is 21.5 Å². The van der Waals surface area contributed by atoms with Gasteiger partial charge in [-0.15, -0.1) is 0 Å². The van der Waals surface area contributed by atoms with E-state index in [1.807, 2.05) is 12.1 Å². The van der Waals surface area contributed by atoms with Crippen molar-refractivity contribution in [3.8, 4) is 23.0 Å². The fourth-order valence-corrected chi connectivity index (χ4v) is 3.93. The second-order valence-corrected chi connectivity index (χ2v) is 12.9. The lowest BCUT2D eigenvalue weighted by molar-refractivity contribution is 0.103. The maximum absolute atomic E-state index is 6.81. The highest BCUT2D eigenvalue weighted by atomic mass is 16.5. The largest absolute Gasteiger partial charge is 0.488 e. The number of benzene rings is 3. The molecule has 0 aliphatic heterocycles. The average Bonchev–Trinajstić information content (AvgIpc) is 2.85. The molecule has 0 saturated carbocycles. The summed E-state index contributed by atoms with van der Waals surface area (Å²) in [6.07, 6.45) is 3.57. The van der Waals surface area contributed by atoms with Crippen molar-refractivity contribution in [1.29, 1.82) is 0 Å². The van der Waals surface area contributed by atoms with E-state index < -0.39 is 0 Å². The Kier molecular flexibility index (Phi) is 8.56. The highest BCUT2D eigenvalue weighted by molar-refractivity contribution is 6.11. The molecule has 4 nitrogen and oxygen atoms in total. The highest BCUT2D eigenvalue weighted by Crippen LogP contribution is 2.48. The maximum atomic E-state index is 6.81. The van der Waals surface area contributed by atoms with Crippen LogP contribution in [0, 0.1) is 0 Å². The van der Waals surface area contributed by atoms with Crippen LogP contribution in [0.3, 0.4) is 0 Å². The van der Waals surface area contributed by atoms with Gasteiger partial charge in [-0.3, -0.25) is 0 Å². The van der Waals surface area contributed by atoms with Gasteiger partial charge in [0.2, 0.25) is 0 Å². The molecule has 0 saturated heterocycles. The molecule has 210 valence electrons. The van der Waals surface area contributed by atoms with Crippen LogP contribution < -0.4 is 18.9 Å². The van der Waals surface area contributed by atoms with E-state index in [4.69, 9.17) is 18.9 Å². The van der Waals surface area contributed by atoms with Crippen LogP contribution >= 0.6 is 0 Å². The molecule has 0 aromatic heterocycles. The second kappa shape index (κ2) is 10.9. The van der Waals surface area contributed by atoms with Crippen LogP contribution in [0.25, 0.3) is 21.5 Å². The Morgan fingerprint density at radius 1 is 0.421 bits per heavy atom. The van der Waals surface area contributed by atoms with Gasteiger partial charge in [0.1, 0.15) is 45.4 Å². The SMILES string of the molecule is CCC(C)(C)Oc1ccc2c(OC(C)(C)CC)c3cc(OC(C)(C)CC)ccc3c(OC(C)(C)CC)c2c1. The third-order valence-electron chi connectivity index (χ3n) is 7.91. The van der Waals surface area contributed by atoms with Gasteiger partial charge in [-0.2, -0.15) is 0 Å². The van der Waals surface area contributed by atoms with E-state index in [-0.39, 0.29) is 22.4 Å². The first-order valence-electron chi connectivity index (χ1n) is 14.4. The molecular formula is C34H50O4. The summed E-state index contributed by atoms with van der Waals surface area (Å²) >= 11 is 0. The normalized spacial score (nSPS) is 13.2. The minimum atomic E-state index is -0.343. The molecule has 0 bridgehead atoms. The van der Waals surface area contributed by atoms with Crippen LogP contribution in [-0.2, 0) is 0 Å². The molecule has 0 aliphatic rings. The topological polar surface area (TPSA) is 36.9 Å². The van der Waals surface area contributed by atoms with E-state index in [2.05, 4.69) is 107 Å². The summed E-state index contributed by atoms with van der Waals surface area (Å²) in [6.45, 7) is 25.6. The van der Waals surface area contributed by atoms with E-state index in [9.17, 15) is 0 Å². The fraction of sp³-hybridized carbons (Fsp3) is 0.588. The minimum absolute atomic E-state index is 0.268. The summed E-state index contributed by atoms with van der Waals surface area (Å²) in [5.41, 5.74) is -1.22. The molecule has 0 fully saturated rings. The van der Waals surface area contributed by atoms with Crippen molar-refractivity contribution in [1.82, 2.24) is 0 Å². The molecule has 3 aromatic carbocycles. The van der Waals surface area contributed by atoms with Crippen LogP contribution in [0.5, 0.6) is 23.0 Å². The Morgan fingerprint density at radius 3 is 1.00 bits per heavy atom. The summed E-state index contributed by atoms with van der Waals surface area (Å²) in [5.74, 6) is 3.36. The average molecular weight is 523 g/mol. The van der Waals surface area contributed by atoms with Crippen molar-refractivity contribution in [2.75, 3.05) is 0 Å². The molecule has 0 radical (unpaired) electrons. The molecule has 38 heavy (non-hydrogen) atoms. The first-order chi connectivity index (χ1) is 17.6. The zero-order chi connectivity index (χ0) is 28.5. The van der Waals surface area contributed by atoms with Crippen molar-refractivity contribution in [2.45, 2.75) is 131 Å². The molecule has 0 atom stereocenters. The Bertz CT molecular complexity index is 1170. The third kappa shape index (κ3) is 6.87. The van der Waals surface area contributed by atoms with E-state index in [0.717, 1.165) is 70.2 Å². The molecule has 3 rings (SSSR count). The number of ether oxygens (including phenoxy) is 4. The third-order valence-corrected chi connectivity index (χ3v) is 7.91. The van der Waals surface area contributed by atoms with Crippen LogP contribution in [0.2, 0.25) is 0 Å². The smallest absolute Gasteiger partial charge is 0.136 e. The molecule has 0 spiro atoms. The van der Waals surface area contributed by atoms with Gasteiger partial charge in [0.15, 0.2) is 0 Å². The van der Waals surface area contributed by atoms with E-state index in [0.29, 0.717) is 0 Å². The molecule has 4 heteroatoms. The Hall–Kier alpha value is -2.62. The molecule has 0 aliphatic carbocycles. The second-order valence-electron chi connectivity index (χ2n) is 12.9. The van der Waals surface area contributed by atoms with Crippen LogP contribution in [-0.4, -0.2) is 22.4 Å². The van der Waals surface area contributed by atoms with Crippen LogP contribution in [0.15, 0.2) is 36.4 Å². The van der Waals surface area contributed by atoms with Crippen molar-refractivity contribution in [2.24, 2.45) is 0 Å². The first-order valence-corrected chi connectivity index (χ1v) is 14.4. The van der Waals surface area contributed by atoms with Crippen molar-refractivity contribution in [3.63, 3.8) is 0 Å². The highest BCUT2D eigenvalue weighted by Gasteiger charge is 2.28. The van der Waals surface area contributed by atoms with E-state index in [1.165, 1.54) is 0 Å². The predicted molar refractivity (Wildman–Crippen MR) is 161 cm³/mol. The number of fused-ring (bicyclic) bond motifs is 2. The number of hydrogen-bond acceptors (Lipinski definition) is 4. The standard InChI is InChI=1S/C34H50O4/c1-13-31(5,6)35-23-17-19-25-27(21-23)29(37-33(9,10)15-3)26-20-18-24(36-32(7,8)14-2)22-28(26)30(25)38-34(11,12)16-4/h17-22H,13-16H2,1-12H3. The van der Waals surface area contributed by atoms with Crippen molar-refractivity contribution >= 4 is 21.5 Å². The minimum Gasteiger partial charge on any atom is -0.488 e. The lowest BCUT2D eigenvalue weighted by Crippen LogP contribution is -2.28. The summed E-state index contributed by atoms with van der Waals surface area (Å²) < 4.78 is 26.4. The first kappa shape index (κ1) is 29.9. The van der Waals surface area contributed by atoms with E-state index in [1.54, 1.807) is 0 Å². The van der Waals surface area contributed by atoms with Gasteiger partial charge in [0.25, 0.3) is 0 Å². The van der Waals surface area contributed by atoms with Gasteiger partial charge >= 0.3 is 0 Å². The zero-order valence-electron chi connectivity index (χ0n) is 25.9. The molecule has 0 N–H and O–H groups in total. The van der Waals surface area contributed by atoms with Crippen LogP contribution in [0.1, 0.15) is 109 Å². The summed E-state index contributed by atoms with van der Waals surface area (Å²) in [4.78, 5) is 0. The van der Waals surface area contributed by atoms with Gasteiger partial charge in [0.05, 0.1) is 0 Å². The maximum Gasteiger partial charge on any atom is 0.136 e. The molecule has 0 unspecified atom stereocenters. The predicted octanol–water partition coefficient (Wildman–Crippen LogP) is 10.3. The zero-order valence-corrected chi connectivity index (χ0v) is 25.9. The van der Waals surface area contributed by atoms with Gasteiger partial charge < -0.3 is 18.9 Å². The Balaban J connectivity index is 2.41. The molecule has 0 heterocycles. The fourth-order valence-electron chi connectivity index (χ4n) is 3.93. The molecular weight excluding hydrogens is 472 g/mol. The molecule has 3 aromatic rings.